The number of nitriles is 1. The van der Waals surface area contributed by atoms with Gasteiger partial charge in [-0.3, -0.25) is 4.90 Å². The van der Waals surface area contributed by atoms with E-state index in [1.54, 1.807) is 34.6 Å². The van der Waals surface area contributed by atoms with Gasteiger partial charge in [0.1, 0.15) is 17.8 Å². The Kier molecular flexibility index (Phi) is 4.39. The third-order valence-corrected chi connectivity index (χ3v) is 3.73. The van der Waals surface area contributed by atoms with E-state index in [4.69, 9.17) is 19.5 Å². The third-order valence-electron chi connectivity index (χ3n) is 3.73. The average Bonchev–Trinajstić information content (AvgIpc) is 2.79. The number of carbonyl (C=O) groups is 1. The topological polar surface area (TPSA) is 92.0 Å². The number of hydrogen-bond donors (Lipinski definition) is 1. The lowest BCUT2D eigenvalue weighted by molar-refractivity contribution is -0.168. The molecule has 0 radical (unpaired) electrons. The molecule has 1 unspecified atom stereocenters. The summed E-state index contributed by atoms with van der Waals surface area (Å²) in [7, 11) is 0. The molecule has 2 fully saturated rings. The minimum atomic E-state index is -0.795. The molecule has 2 rings (SSSR count). The fourth-order valence-electron chi connectivity index (χ4n) is 3.06. The molecule has 7 nitrogen and oxygen atoms in total. The number of hydrogen-bond acceptors (Lipinski definition) is 6. The van der Waals surface area contributed by atoms with Gasteiger partial charge in [-0.05, 0) is 34.6 Å². The van der Waals surface area contributed by atoms with E-state index in [2.05, 4.69) is 6.07 Å². The van der Waals surface area contributed by atoms with E-state index in [-0.39, 0.29) is 13.0 Å². The highest BCUT2D eigenvalue weighted by atomic mass is 16.8. The molecule has 0 saturated carbocycles. The summed E-state index contributed by atoms with van der Waals surface area (Å²) in [6.07, 6.45) is -1.38. The van der Waals surface area contributed by atoms with Crippen LogP contribution in [0.25, 0.3) is 0 Å². The Balaban J connectivity index is 2.28. The number of fused-ring (bicyclic) bond motifs is 1. The van der Waals surface area contributed by atoms with E-state index < -0.39 is 41.8 Å². The van der Waals surface area contributed by atoms with Gasteiger partial charge < -0.3 is 19.3 Å². The minimum Gasteiger partial charge on any atom is -0.444 e. The van der Waals surface area contributed by atoms with Crippen LogP contribution in [-0.2, 0) is 14.2 Å². The molecule has 4 atom stereocenters. The van der Waals surface area contributed by atoms with Crippen molar-refractivity contribution >= 4 is 6.09 Å². The summed E-state index contributed by atoms with van der Waals surface area (Å²) in [6, 6.07) is 0.995. The van der Waals surface area contributed by atoms with Crippen LogP contribution in [0.1, 0.15) is 41.0 Å². The van der Waals surface area contributed by atoms with Crippen molar-refractivity contribution in [2.24, 2.45) is 0 Å². The zero-order chi connectivity index (χ0) is 16.7. The van der Waals surface area contributed by atoms with E-state index in [1.807, 2.05) is 0 Å². The second-order valence-corrected chi connectivity index (χ2v) is 7.13. The molecule has 2 aliphatic rings. The maximum absolute atomic E-state index is 12.5. The lowest BCUT2D eigenvalue weighted by atomic mass is 10.1. The van der Waals surface area contributed by atoms with Gasteiger partial charge in [0, 0.05) is 0 Å². The second-order valence-electron chi connectivity index (χ2n) is 7.13. The Morgan fingerprint density at radius 1 is 1.32 bits per heavy atom. The molecule has 0 aliphatic carbocycles. The smallest absolute Gasteiger partial charge is 0.411 e. The molecular weight excluding hydrogens is 288 g/mol. The van der Waals surface area contributed by atoms with Gasteiger partial charge in [0.05, 0.1) is 31.2 Å². The van der Waals surface area contributed by atoms with Crippen LogP contribution in [0, 0.1) is 11.3 Å². The van der Waals surface area contributed by atoms with Crippen LogP contribution in [0.2, 0.25) is 0 Å². The quantitative estimate of drug-likeness (QED) is 0.828. The summed E-state index contributed by atoms with van der Waals surface area (Å²) in [5.74, 6) is -0.795. The molecular formula is C15H24N2O5. The first-order chi connectivity index (χ1) is 10.1. The summed E-state index contributed by atoms with van der Waals surface area (Å²) >= 11 is 0. The molecule has 124 valence electrons. The Labute approximate surface area is 130 Å². The molecule has 0 aromatic rings. The van der Waals surface area contributed by atoms with Crippen molar-refractivity contribution in [3.63, 3.8) is 0 Å². The number of likely N-dealkylation sites (tertiary alicyclic amines) is 1. The van der Waals surface area contributed by atoms with Crippen LogP contribution >= 0.6 is 0 Å². The molecule has 2 aliphatic heterocycles. The minimum absolute atomic E-state index is 0.0936. The van der Waals surface area contributed by atoms with Crippen LogP contribution in [0.5, 0.6) is 0 Å². The Hall–Kier alpha value is -1.36. The maximum Gasteiger partial charge on any atom is 0.411 e. The van der Waals surface area contributed by atoms with E-state index in [0.717, 1.165) is 0 Å². The van der Waals surface area contributed by atoms with Crippen LogP contribution < -0.4 is 0 Å². The fraction of sp³-hybridized carbons (Fsp3) is 0.867. The highest BCUT2D eigenvalue weighted by Crippen LogP contribution is 2.41. The summed E-state index contributed by atoms with van der Waals surface area (Å²) in [5, 5.41) is 18.8. The molecule has 0 aromatic carbocycles. The van der Waals surface area contributed by atoms with Crippen LogP contribution in [0.3, 0.4) is 0 Å². The molecule has 2 heterocycles. The number of nitrogens with zero attached hydrogens (tertiary/aromatic N) is 2. The van der Waals surface area contributed by atoms with Gasteiger partial charge in [-0.1, -0.05) is 0 Å². The van der Waals surface area contributed by atoms with Crippen molar-refractivity contribution in [1.29, 1.82) is 5.26 Å². The first-order valence-corrected chi connectivity index (χ1v) is 7.44. The molecule has 1 amide bonds. The van der Waals surface area contributed by atoms with Crippen LogP contribution in [-0.4, -0.2) is 58.4 Å². The molecule has 2 saturated heterocycles. The van der Waals surface area contributed by atoms with Gasteiger partial charge in [0.2, 0.25) is 0 Å². The second kappa shape index (κ2) is 5.69. The zero-order valence-corrected chi connectivity index (χ0v) is 13.7. The number of aliphatic hydroxyl groups excluding tert-OH is 1. The fourth-order valence-corrected chi connectivity index (χ4v) is 3.06. The van der Waals surface area contributed by atoms with Gasteiger partial charge in [-0.15, -0.1) is 0 Å². The molecule has 0 aromatic heterocycles. The molecule has 0 spiro atoms. The average molecular weight is 312 g/mol. The highest BCUT2D eigenvalue weighted by molar-refractivity contribution is 5.70. The van der Waals surface area contributed by atoms with E-state index in [9.17, 15) is 9.90 Å². The molecule has 22 heavy (non-hydrogen) atoms. The van der Waals surface area contributed by atoms with E-state index in [1.165, 1.54) is 4.90 Å². The van der Waals surface area contributed by atoms with E-state index in [0.29, 0.717) is 0 Å². The normalized spacial score (nSPS) is 33.4. The lowest BCUT2D eigenvalue weighted by Gasteiger charge is -2.34. The number of carbonyl (C=O) groups excluding carboxylic acids is 1. The number of rotatable bonds is 2. The zero-order valence-electron chi connectivity index (χ0n) is 13.7. The van der Waals surface area contributed by atoms with Crippen LogP contribution in [0.15, 0.2) is 0 Å². The first-order valence-electron chi connectivity index (χ1n) is 7.44. The number of amides is 1. The number of aliphatic hydroxyl groups is 1. The highest BCUT2D eigenvalue weighted by Gasteiger charge is 2.59. The van der Waals surface area contributed by atoms with Crippen molar-refractivity contribution in [3.05, 3.63) is 0 Å². The Bertz CT molecular complexity index is 479. The molecule has 0 bridgehead atoms. The van der Waals surface area contributed by atoms with E-state index >= 15 is 0 Å². The summed E-state index contributed by atoms with van der Waals surface area (Å²) in [6.45, 7) is 8.59. The van der Waals surface area contributed by atoms with Crippen molar-refractivity contribution in [2.75, 3.05) is 6.61 Å². The Morgan fingerprint density at radius 3 is 2.32 bits per heavy atom. The van der Waals surface area contributed by atoms with Gasteiger partial charge in [0.15, 0.2) is 5.79 Å². The summed E-state index contributed by atoms with van der Waals surface area (Å²) in [5.41, 5.74) is -0.660. The summed E-state index contributed by atoms with van der Waals surface area (Å²) in [4.78, 5) is 13.9. The largest absolute Gasteiger partial charge is 0.444 e. The predicted octanol–water partition coefficient (Wildman–Crippen LogP) is 1.40. The van der Waals surface area contributed by atoms with Crippen molar-refractivity contribution in [1.82, 2.24) is 4.90 Å². The monoisotopic (exact) mass is 312 g/mol. The van der Waals surface area contributed by atoms with Crippen LogP contribution in [0.4, 0.5) is 4.79 Å². The van der Waals surface area contributed by atoms with Gasteiger partial charge >= 0.3 is 6.09 Å². The predicted molar refractivity (Wildman–Crippen MR) is 76.8 cm³/mol. The van der Waals surface area contributed by atoms with Crippen molar-refractivity contribution < 1.29 is 24.1 Å². The SMILES string of the molecule is CC(C)(C)OC(=O)N1[C@H](CO)[C@@H]2OC(C)(C)OC2[C@@H]1CC#N. The third kappa shape index (κ3) is 3.19. The van der Waals surface area contributed by atoms with Crippen molar-refractivity contribution in [2.45, 2.75) is 76.7 Å². The molecule has 7 heteroatoms. The lowest BCUT2D eigenvalue weighted by Crippen LogP contribution is -2.49. The standard InChI is InChI=1S/C15H24N2O5/c1-14(2,3)22-13(19)17-9(6-7-16)11-12(10(17)8-18)21-15(4,5)20-11/h9-12,18H,6,8H2,1-5H3/t9-,10+,11?,12-/m0/s1. The molecule has 1 N–H and O–H groups in total. The van der Waals surface area contributed by atoms with Crippen molar-refractivity contribution in [3.8, 4) is 6.07 Å². The Morgan fingerprint density at radius 2 is 1.86 bits per heavy atom. The van der Waals surface area contributed by atoms with Gasteiger partial charge in [-0.25, -0.2) is 4.79 Å². The van der Waals surface area contributed by atoms with Gasteiger partial charge in [0.25, 0.3) is 0 Å². The van der Waals surface area contributed by atoms with Gasteiger partial charge in [-0.2, -0.15) is 5.26 Å². The number of ether oxygens (including phenoxy) is 3. The maximum atomic E-state index is 12.5. The summed E-state index contributed by atoms with van der Waals surface area (Å²) < 4.78 is 17.1. The first kappa shape index (κ1) is 17.0.